The molecule has 5 rings (SSSR count). The fourth-order valence-electron chi connectivity index (χ4n) is 4.14. The summed E-state index contributed by atoms with van der Waals surface area (Å²) in [6, 6.07) is 19.5. The Kier molecular flexibility index (Phi) is 7.79. The molecule has 1 aliphatic heterocycles. The predicted octanol–water partition coefficient (Wildman–Crippen LogP) is 5.59. The minimum absolute atomic E-state index is 0.104. The molecule has 0 radical (unpaired) electrons. The summed E-state index contributed by atoms with van der Waals surface area (Å²) in [6.07, 6.45) is 2.27. The van der Waals surface area contributed by atoms with Crippen LogP contribution in [-0.4, -0.2) is 29.8 Å². The largest absolute Gasteiger partial charge is 0.493 e. The van der Waals surface area contributed by atoms with E-state index in [9.17, 15) is 9.18 Å². The number of rotatable bonds is 9. The van der Waals surface area contributed by atoms with Gasteiger partial charge in [0, 0.05) is 35.8 Å². The maximum atomic E-state index is 13.3. The van der Waals surface area contributed by atoms with Gasteiger partial charge in [0.1, 0.15) is 18.8 Å². The highest BCUT2D eigenvalue weighted by Crippen LogP contribution is 2.44. The Morgan fingerprint density at radius 1 is 1.11 bits per heavy atom. The summed E-state index contributed by atoms with van der Waals surface area (Å²) >= 11 is 7.56. The Labute approximate surface area is 223 Å². The topological polar surface area (TPSA) is 65.4 Å². The summed E-state index contributed by atoms with van der Waals surface area (Å²) in [5.74, 6) is 0.853. The Hall–Kier alpha value is -3.33. The van der Waals surface area contributed by atoms with Crippen LogP contribution in [-0.2, 0) is 13.0 Å². The lowest BCUT2D eigenvalue weighted by Crippen LogP contribution is -2.21. The van der Waals surface area contributed by atoms with E-state index in [1.807, 2.05) is 30.3 Å². The predicted molar refractivity (Wildman–Crippen MR) is 144 cm³/mol. The number of benzene rings is 3. The van der Waals surface area contributed by atoms with Crippen LogP contribution in [0, 0.1) is 5.82 Å². The molecule has 4 aromatic rings. The third-order valence-corrected chi connectivity index (χ3v) is 7.71. The van der Waals surface area contributed by atoms with Crippen LogP contribution in [0.15, 0.2) is 82.7 Å². The molecule has 0 aliphatic carbocycles. The van der Waals surface area contributed by atoms with Crippen LogP contribution >= 0.6 is 23.4 Å². The van der Waals surface area contributed by atoms with Crippen LogP contribution in [0.5, 0.6) is 11.5 Å². The van der Waals surface area contributed by atoms with Crippen molar-refractivity contribution in [1.29, 1.82) is 0 Å². The van der Waals surface area contributed by atoms with Crippen molar-refractivity contribution < 1.29 is 13.9 Å². The minimum Gasteiger partial charge on any atom is -0.493 e. The average molecular weight is 538 g/mol. The summed E-state index contributed by atoms with van der Waals surface area (Å²) in [6.45, 7) is 1.63. The van der Waals surface area contributed by atoms with Crippen molar-refractivity contribution in [3.8, 4) is 17.2 Å². The lowest BCUT2D eigenvalue weighted by molar-refractivity contribution is 0.292. The zero-order chi connectivity index (χ0) is 25.8. The lowest BCUT2D eigenvalue weighted by Gasteiger charge is -2.14. The third-order valence-electron chi connectivity index (χ3n) is 6.09. The van der Waals surface area contributed by atoms with E-state index < -0.39 is 0 Å². The Balaban J connectivity index is 1.24. The number of hydrogen-bond acceptors (Lipinski definition) is 6. The van der Waals surface area contributed by atoms with Crippen molar-refractivity contribution in [1.82, 2.24) is 14.9 Å². The number of methoxy groups -OCH3 is 1. The zero-order valence-corrected chi connectivity index (χ0v) is 21.7. The number of aromatic nitrogens is 2. The number of halogens is 2. The van der Waals surface area contributed by atoms with E-state index in [-0.39, 0.29) is 16.6 Å². The molecule has 0 fully saturated rings. The molecule has 1 atom stereocenters. The van der Waals surface area contributed by atoms with Gasteiger partial charge >= 0.3 is 0 Å². The van der Waals surface area contributed by atoms with Gasteiger partial charge < -0.3 is 14.8 Å². The molecule has 6 nitrogen and oxygen atoms in total. The van der Waals surface area contributed by atoms with Crippen LogP contribution in [0.1, 0.15) is 22.1 Å². The summed E-state index contributed by atoms with van der Waals surface area (Å²) in [7, 11) is 1.56. The SMILES string of the molecule is COc1cc(-n2cnc3c(c2=O)SC(c2ccc(Cl)cc2)C3)ccc1OCCNCc1ccc(F)cc1. The molecule has 1 unspecified atom stereocenters. The fraction of sp³-hybridized carbons (Fsp3) is 0.214. The minimum atomic E-state index is -0.249. The first-order valence-electron chi connectivity index (χ1n) is 11.8. The van der Waals surface area contributed by atoms with Crippen molar-refractivity contribution >= 4 is 23.4 Å². The molecule has 2 heterocycles. The maximum Gasteiger partial charge on any atom is 0.271 e. The van der Waals surface area contributed by atoms with Gasteiger partial charge in [-0.05, 0) is 47.5 Å². The van der Waals surface area contributed by atoms with E-state index in [0.29, 0.717) is 53.2 Å². The van der Waals surface area contributed by atoms with Crippen LogP contribution in [0.4, 0.5) is 4.39 Å². The molecule has 37 heavy (non-hydrogen) atoms. The molecule has 3 aromatic carbocycles. The van der Waals surface area contributed by atoms with Crippen molar-refractivity contribution in [2.45, 2.75) is 23.1 Å². The highest BCUT2D eigenvalue weighted by atomic mass is 35.5. The zero-order valence-electron chi connectivity index (χ0n) is 20.1. The second-order valence-electron chi connectivity index (χ2n) is 8.54. The van der Waals surface area contributed by atoms with Crippen molar-refractivity contribution in [2.24, 2.45) is 0 Å². The number of fused-ring (bicyclic) bond motifs is 1. The molecule has 0 spiro atoms. The van der Waals surface area contributed by atoms with Gasteiger partial charge in [-0.15, -0.1) is 11.8 Å². The molecule has 0 saturated heterocycles. The van der Waals surface area contributed by atoms with E-state index in [2.05, 4.69) is 10.3 Å². The summed E-state index contributed by atoms with van der Waals surface area (Å²) in [4.78, 5) is 18.6. The van der Waals surface area contributed by atoms with Crippen molar-refractivity contribution in [3.05, 3.63) is 111 Å². The van der Waals surface area contributed by atoms with Crippen LogP contribution in [0.25, 0.3) is 5.69 Å². The number of hydrogen-bond donors (Lipinski definition) is 1. The molecule has 1 aromatic heterocycles. The number of nitrogens with one attached hydrogen (secondary N) is 1. The van der Waals surface area contributed by atoms with Crippen molar-refractivity contribution in [3.63, 3.8) is 0 Å². The van der Waals surface area contributed by atoms with Crippen LogP contribution in [0.2, 0.25) is 5.02 Å². The molecule has 0 amide bonds. The van der Waals surface area contributed by atoms with Crippen molar-refractivity contribution in [2.75, 3.05) is 20.3 Å². The third kappa shape index (κ3) is 5.82. The number of nitrogens with zero attached hydrogens (tertiary/aromatic N) is 2. The highest BCUT2D eigenvalue weighted by molar-refractivity contribution is 7.99. The fourth-order valence-corrected chi connectivity index (χ4v) is 5.55. The molecule has 1 N–H and O–H groups in total. The lowest BCUT2D eigenvalue weighted by atomic mass is 10.1. The van der Waals surface area contributed by atoms with Crippen LogP contribution in [0.3, 0.4) is 0 Å². The van der Waals surface area contributed by atoms with Crippen LogP contribution < -0.4 is 20.3 Å². The first-order valence-corrected chi connectivity index (χ1v) is 13.1. The Bertz CT molecular complexity index is 1440. The molecule has 0 bridgehead atoms. The quantitative estimate of drug-likeness (QED) is 0.281. The molecule has 1 aliphatic rings. The molecule has 9 heteroatoms. The summed E-state index contributed by atoms with van der Waals surface area (Å²) in [5, 5.41) is 4.08. The van der Waals surface area contributed by atoms with Gasteiger partial charge in [0.2, 0.25) is 0 Å². The molecular weight excluding hydrogens is 513 g/mol. The number of thioether (sulfide) groups is 1. The molecule has 0 saturated carbocycles. The second kappa shape index (κ2) is 11.4. The summed E-state index contributed by atoms with van der Waals surface area (Å²) in [5.41, 5.74) is 3.47. The average Bonchev–Trinajstić information content (AvgIpc) is 3.36. The highest BCUT2D eigenvalue weighted by Gasteiger charge is 2.28. The maximum absolute atomic E-state index is 13.3. The van der Waals surface area contributed by atoms with E-state index in [4.69, 9.17) is 21.1 Å². The van der Waals surface area contributed by atoms with Gasteiger partial charge in [-0.25, -0.2) is 9.37 Å². The monoisotopic (exact) mass is 537 g/mol. The summed E-state index contributed by atoms with van der Waals surface area (Å²) < 4.78 is 26.0. The Morgan fingerprint density at radius 2 is 1.89 bits per heavy atom. The van der Waals surface area contributed by atoms with E-state index in [0.717, 1.165) is 16.8 Å². The van der Waals surface area contributed by atoms with Gasteiger partial charge in [-0.3, -0.25) is 9.36 Å². The smallest absolute Gasteiger partial charge is 0.271 e. The van der Waals surface area contributed by atoms with Gasteiger partial charge in [-0.1, -0.05) is 35.9 Å². The Morgan fingerprint density at radius 3 is 2.65 bits per heavy atom. The van der Waals surface area contributed by atoms with Gasteiger partial charge in [-0.2, -0.15) is 0 Å². The first kappa shape index (κ1) is 25.3. The second-order valence-corrected chi connectivity index (χ2v) is 10.2. The van der Waals surface area contributed by atoms with E-state index in [1.54, 1.807) is 37.7 Å². The van der Waals surface area contributed by atoms with E-state index in [1.165, 1.54) is 28.5 Å². The van der Waals surface area contributed by atoms with E-state index >= 15 is 0 Å². The normalized spacial score (nSPS) is 14.4. The molecular formula is C28H25ClFN3O3S. The first-order chi connectivity index (χ1) is 18.0. The van der Waals surface area contributed by atoms with Gasteiger partial charge in [0.05, 0.1) is 23.4 Å². The standard InChI is InChI=1S/C28H25ClFN3O3S/c1-35-25-14-22(10-11-24(25)36-13-12-31-16-18-2-8-21(30)9-3-18)33-17-32-23-15-26(37-27(23)28(33)34)19-4-6-20(29)7-5-19/h2-11,14,17,26,31H,12-13,15-16H2,1H3. The number of ether oxygens (including phenoxy) is 2. The van der Waals surface area contributed by atoms with Gasteiger partial charge in [0.25, 0.3) is 5.56 Å². The molecule has 190 valence electrons. The van der Waals surface area contributed by atoms with Gasteiger partial charge in [0.15, 0.2) is 11.5 Å².